The largest absolute Gasteiger partial charge is 0.469 e. The topological polar surface area (TPSA) is 26.3 Å². The van der Waals surface area contributed by atoms with Crippen LogP contribution in [-0.2, 0) is 9.53 Å². The average Bonchev–Trinajstić information content (AvgIpc) is 2.25. The quantitative estimate of drug-likeness (QED) is 0.628. The van der Waals surface area contributed by atoms with Gasteiger partial charge in [0, 0.05) is 15.1 Å². The van der Waals surface area contributed by atoms with Gasteiger partial charge in [-0.1, -0.05) is 28.9 Å². The molecular weight excluding hydrogens is 276 g/mol. The molecule has 82 valence electrons. The Labute approximate surface area is 103 Å². The highest BCUT2D eigenvalue weighted by Gasteiger charge is 2.12. The number of methoxy groups -OCH3 is 1. The van der Waals surface area contributed by atoms with Crippen LogP contribution < -0.4 is 0 Å². The van der Waals surface area contributed by atoms with Crippen molar-refractivity contribution in [1.82, 2.24) is 0 Å². The van der Waals surface area contributed by atoms with E-state index in [2.05, 4.69) is 20.7 Å². The van der Waals surface area contributed by atoms with Crippen LogP contribution in [0.25, 0.3) is 0 Å². The molecule has 1 aromatic rings. The van der Waals surface area contributed by atoms with Gasteiger partial charge in [-0.3, -0.25) is 4.79 Å². The minimum absolute atomic E-state index is 0.0704. The molecule has 2 nitrogen and oxygen atoms in total. The lowest BCUT2D eigenvalue weighted by Crippen LogP contribution is -2.14. The summed E-state index contributed by atoms with van der Waals surface area (Å²) in [5, 5.41) is 0. The second kappa shape index (κ2) is 6.18. The molecule has 0 amide bonds. The Balaban J connectivity index is 2.47. The minimum atomic E-state index is -0.155. The number of esters is 1. The van der Waals surface area contributed by atoms with Crippen molar-refractivity contribution in [2.45, 2.75) is 11.8 Å². The van der Waals surface area contributed by atoms with Gasteiger partial charge in [-0.05, 0) is 18.2 Å². The van der Waals surface area contributed by atoms with Gasteiger partial charge in [-0.15, -0.1) is 11.8 Å². The van der Waals surface area contributed by atoms with Gasteiger partial charge >= 0.3 is 5.97 Å². The van der Waals surface area contributed by atoms with Crippen LogP contribution in [0.5, 0.6) is 0 Å². The first kappa shape index (κ1) is 12.6. The first-order valence-corrected chi connectivity index (χ1v) is 6.37. The molecule has 0 saturated carbocycles. The zero-order valence-electron chi connectivity index (χ0n) is 8.70. The Morgan fingerprint density at radius 1 is 1.60 bits per heavy atom. The molecule has 1 aromatic carbocycles. The number of carbonyl (C=O) groups is 1. The summed E-state index contributed by atoms with van der Waals surface area (Å²) in [4.78, 5) is 12.3. The lowest BCUT2D eigenvalue weighted by Gasteiger charge is -2.08. The van der Waals surface area contributed by atoms with E-state index in [0.717, 1.165) is 15.1 Å². The van der Waals surface area contributed by atoms with Crippen LogP contribution in [-0.4, -0.2) is 18.8 Å². The molecule has 0 fully saturated rings. The number of rotatable bonds is 4. The molecule has 0 bridgehead atoms. The first-order valence-electron chi connectivity index (χ1n) is 4.59. The van der Waals surface area contributed by atoms with Gasteiger partial charge in [0.1, 0.15) is 0 Å². The standard InChI is InChI=1S/C11H13BrO2S/c1-8(11(13)14-2)7-15-10-5-3-4-9(12)6-10/h3-6,8H,7H2,1-2H3. The fraction of sp³-hybridized carbons (Fsp3) is 0.364. The number of hydrogen-bond donors (Lipinski definition) is 0. The molecule has 0 heterocycles. The number of benzene rings is 1. The maximum absolute atomic E-state index is 11.2. The molecule has 0 aliphatic heterocycles. The van der Waals surface area contributed by atoms with E-state index in [0.29, 0.717) is 0 Å². The third-order valence-corrected chi connectivity index (χ3v) is 3.65. The summed E-state index contributed by atoms with van der Waals surface area (Å²) >= 11 is 5.06. The van der Waals surface area contributed by atoms with E-state index in [9.17, 15) is 4.79 Å². The Morgan fingerprint density at radius 2 is 2.33 bits per heavy atom. The van der Waals surface area contributed by atoms with Crippen molar-refractivity contribution >= 4 is 33.7 Å². The van der Waals surface area contributed by atoms with E-state index in [-0.39, 0.29) is 11.9 Å². The van der Waals surface area contributed by atoms with Crippen molar-refractivity contribution in [2.24, 2.45) is 5.92 Å². The molecule has 0 N–H and O–H groups in total. The molecule has 0 aliphatic carbocycles. The van der Waals surface area contributed by atoms with Crippen molar-refractivity contribution < 1.29 is 9.53 Å². The van der Waals surface area contributed by atoms with Crippen LogP contribution in [0, 0.1) is 5.92 Å². The SMILES string of the molecule is COC(=O)C(C)CSc1cccc(Br)c1. The summed E-state index contributed by atoms with van der Waals surface area (Å²) in [5.74, 6) is 0.514. The Kier molecular flexibility index (Phi) is 5.19. The molecule has 0 spiro atoms. The van der Waals surface area contributed by atoms with Gasteiger partial charge in [0.25, 0.3) is 0 Å². The summed E-state index contributed by atoms with van der Waals surface area (Å²) in [7, 11) is 1.42. The van der Waals surface area contributed by atoms with Gasteiger partial charge in [0.05, 0.1) is 13.0 Å². The molecule has 1 atom stereocenters. The average molecular weight is 289 g/mol. The lowest BCUT2D eigenvalue weighted by atomic mass is 10.2. The number of carbonyl (C=O) groups excluding carboxylic acids is 1. The molecular formula is C11H13BrO2S. The fourth-order valence-corrected chi connectivity index (χ4v) is 2.56. The molecule has 15 heavy (non-hydrogen) atoms. The predicted molar refractivity (Wildman–Crippen MR) is 66.0 cm³/mol. The first-order chi connectivity index (χ1) is 7.13. The van der Waals surface area contributed by atoms with Gasteiger partial charge in [-0.2, -0.15) is 0 Å². The van der Waals surface area contributed by atoms with Crippen LogP contribution in [0.2, 0.25) is 0 Å². The Bertz CT molecular complexity index is 341. The zero-order chi connectivity index (χ0) is 11.3. The summed E-state index contributed by atoms with van der Waals surface area (Å²) in [5.41, 5.74) is 0. The van der Waals surface area contributed by atoms with Crippen LogP contribution >= 0.6 is 27.7 Å². The summed E-state index contributed by atoms with van der Waals surface area (Å²) in [6.45, 7) is 1.87. The third kappa shape index (κ3) is 4.26. The van der Waals surface area contributed by atoms with E-state index in [1.165, 1.54) is 7.11 Å². The van der Waals surface area contributed by atoms with Crippen LogP contribution in [0.1, 0.15) is 6.92 Å². The van der Waals surface area contributed by atoms with E-state index in [1.807, 2.05) is 31.2 Å². The molecule has 1 unspecified atom stereocenters. The fourth-order valence-electron chi connectivity index (χ4n) is 1.05. The van der Waals surface area contributed by atoms with E-state index >= 15 is 0 Å². The molecule has 4 heteroatoms. The second-order valence-corrected chi connectivity index (χ2v) is 5.20. The Morgan fingerprint density at radius 3 is 2.93 bits per heavy atom. The third-order valence-electron chi connectivity index (χ3n) is 1.90. The second-order valence-electron chi connectivity index (χ2n) is 3.19. The van der Waals surface area contributed by atoms with E-state index in [4.69, 9.17) is 0 Å². The zero-order valence-corrected chi connectivity index (χ0v) is 11.1. The number of thioether (sulfide) groups is 1. The predicted octanol–water partition coefficient (Wildman–Crippen LogP) is 3.35. The van der Waals surface area contributed by atoms with Gasteiger partial charge < -0.3 is 4.74 Å². The highest BCUT2D eigenvalue weighted by molar-refractivity contribution is 9.10. The maximum atomic E-state index is 11.2. The molecule has 0 saturated heterocycles. The van der Waals surface area contributed by atoms with Crippen molar-refractivity contribution in [3.63, 3.8) is 0 Å². The Hall–Kier alpha value is -0.480. The smallest absolute Gasteiger partial charge is 0.309 e. The molecule has 0 aliphatic rings. The van der Waals surface area contributed by atoms with Crippen molar-refractivity contribution in [1.29, 1.82) is 0 Å². The van der Waals surface area contributed by atoms with E-state index in [1.54, 1.807) is 11.8 Å². The normalized spacial score (nSPS) is 12.2. The van der Waals surface area contributed by atoms with Gasteiger partial charge in [0.2, 0.25) is 0 Å². The summed E-state index contributed by atoms with van der Waals surface area (Å²) in [6, 6.07) is 8.02. The lowest BCUT2D eigenvalue weighted by molar-refractivity contribution is -0.143. The molecule has 1 rings (SSSR count). The number of hydrogen-bond acceptors (Lipinski definition) is 3. The molecule has 0 radical (unpaired) electrons. The van der Waals surface area contributed by atoms with Crippen molar-refractivity contribution in [2.75, 3.05) is 12.9 Å². The monoisotopic (exact) mass is 288 g/mol. The highest BCUT2D eigenvalue weighted by Crippen LogP contribution is 2.24. The summed E-state index contributed by atoms with van der Waals surface area (Å²) in [6.07, 6.45) is 0. The van der Waals surface area contributed by atoms with Crippen LogP contribution in [0.15, 0.2) is 33.6 Å². The van der Waals surface area contributed by atoms with Gasteiger partial charge in [0.15, 0.2) is 0 Å². The van der Waals surface area contributed by atoms with Crippen molar-refractivity contribution in [3.05, 3.63) is 28.7 Å². The van der Waals surface area contributed by atoms with Gasteiger partial charge in [-0.25, -0.2) is 0 Å². The summed E-state index contributed by atoms with van der Waals surface area (Å²) < 4.78 is 5.72. The van der Waals surface area contributed by atoms with E-state index < -0.39 is 0 Å². The number of halogens is 1. The number of ether oxygens (including phenoxy) is 1. The van der Waals surface area contributed by atoms with Crippen molar-refractivity contribution in [3.8, 4) is 0 Å². The minimum Gasteiger partial charge on any atom is -0.469 e. The molecule has 0 aromatic heterocycles. The van der Waals surface area contributed by atoms with Crippen LogP contribution in [0.3, 0.4) is 0 Å². The van der Waals surface area contributed by atoms with Crippen LogP contribution in [0.4, 0.5) is 0 Å². The maximum Gasteiger partial charge on any atom is 0.309 e. The highest BCUT2D eigenvalue weighted by atomic mass is 79.9.